The van der Waals surface area contributed by atoms with E-state index in [0.29, 0.717) is 16.8 Å². The van der Waals surface area contributed by atoms with E-state index in [0.717, 1.165) is 5.56 Å². The molecule has 0 spiro atoms. The zero-order valence-corrected chi connectivity index (χ0v) is 16.2. The fraction of sp³-hybridized carbons (Fsp3) is 0.111. The van der Waals surface area contributed by atoms with Crippen molar-refractivity contribution < 1.29 is 14.1 Å². The monoisotopic (exact) mass is 447 g/mol. The molecule has 10 heteroatoms. The highest BCUT2D eigenvalue weighted by atomic mass is 79.9. The number of ether oxygens (including phenoxy) is 1. The van der Waals surface area contributed by atoms with E-state index in [1.54, 1.807) is 25.3 Å². The highest BCUT2D eigenvalue weighted by Gasteiger charge is 2.23. The normalized spacial score (nSPS) is 10.4. The van der Waals surface area contributed by atoms with Crippen molar-refractivity contribution in [1.82, 2.24) is 9.97 Å². The Hall–Kier alpha value is -3.27. The summed E-state index contributed by atoms with van der Waals surface area (Å²) in [6.45, 7) is 0.300. The zero-order valence-electron chi connectivity index (χ0n) is 14.6. The van der Waals surface area contributed by atoms with Gasteiger partial charge in [0.1, 0.15) is 17.9 Å². The maximum Gasteiger partial charge on any atom is 0.353 e. The minimum absolute atomic E-state index is 0.0239. The van der Waals surface area contributed by atoms with Crippen LogP contribution in [0.3, 0.4) is 0 Å². The molecule has 0 radical (unpaired) electrons. The quantitative estimate of drug-likeness (QED) is 0.401. The van der Waals surface area contributed by atoms with Crippen LogP contribution in [0, 0.1) is 15.9 Å². The van der Waals surface area contributed by atoms with Crippen molar-refractivity contribution in [2.45, 2.75) is 6.54 Å². The smallest absolute Gasteiger partial charge is 0.353 e. The van der Waals surface area contributed by atoms with Crippen LogP contribution in [-0.2, 0) is 6.54 Å². The van der Waals surface area contributed by atoms with Gasteiger partial charge in [-0.15, -0.1) is 0 Å². The first-order valence-corrected chi connectivity index (χ1v) is 8.85. The van der Waals surface area contributed by atoms with Gasteiger partial charge < -0.3 is 15.4 Å². The molecule has 3 aromatic rings. The van der Waals surface area contributed by atoms with E-state index in [2.05, 4.69) is 36.5 Å². The molecule has 0 unspecified atom stereocenters. The van der Waals surface area contributed by atoms with E-state index in [1.807, 2.05) is 12.1 Å². The Balaban J connectivity index is 1.85. The lowest BCUT2D eigenvalue weighted by atomic mass is 10.2. The Labute approximate surface area is 168 Å². The van der Waals surface area contributed by atoms with Gasteiger partial charge >= 0.3 is 5.69 Å². The molecule has 3 rings (SSSR count). The van der Waals surface area contributed by atoms with E-state index in [4.69, 9.17) is 4.74 Å². The van der Waals surface area contributed by atoms with Crippen LogP contribution in [-0.4, -0.2) is 22.0 Å². The molecule has 0 aliphatic heterocycles. The molecule has 0 amide bonds. The molecular weight excluding hydrogens is 433 g/mol. The second-order valence-corrected chi connectivity index (χ2v) is 6.54. The summed E-state index contributed by atoms with van der Waals surface area (Å²) >= 11 is 3.16. The van der Waals surface area contributed by atoms with Gasteiger partial charge in [0, 0.05) is 11.0 Å². The minimum atomic E-state index is -0.616. The van der Waals surface area contributed by atoms with Gasteiger partial charge in [0.2, 0.25) is 11.6 Å². The minimum Gasteiger partial charge on any atom is -0.497 e. The molecule has 1 heterocycles. The first-order valence-electron chi connectivity index (χ1n) is 8.06. The SMILES string of the molecule is COc1ccc(CNc2ncnc(Nc3ccc(Br)cc3F)c2[N+](=O)[O-])cc1. The molecule has 144 valence electrons. The maximum absolute atomic E-state index is 14.1. The third-order valence-electron chi connectivity index (χ3n) is 3.81. The zero-order chi connectivity index (χ0) is 20.1. The van der Waals surface area contributed by atoms with Crippen molar-refractivity contribution >= 4 is 38.9 Å². The third kappa shape index (κ3) is 4.52. The summed E-state index contributed by atoms with van der Waals surface area (Å²) in [5.74, 6) is 0.0455. The lowest BCUT2D eigenvalue weighted by Crippen LogP contribution is -2.08. The lowest BCUT2D eigenvalue weighted by Gasteiger charge is -2.11. The van der Waals surface area contributed by atoms with Crippen LogP contribution in [0.4, 0.5) is 27.4 Å². The van der Waals surface area contributed by atoms with Crippen molar-refractivity contribution in [2.24, 2.45) is 0 Å². The van der Waals surface area contributed by atoms with Crippen molar-refractivity contribution in [1.29, 1.82) is 0 Å². The summed E-state index contributed by atoms with van der Waals surface area (Å²) in [6.07, 6.45) is 1.17. The fourth-order valence-electron chi connectivity index (χ4n) is 2.42. The number of rotatable bonds is 7. The van der Waals surface area contributed by atoms with Gasteiger partial charge in [0.05, 0.1) is 17.7 Å². The van der Waals surface area contributed by atoms with Crippen molar-refractivity contribution in [3.05, 3.63) is 74.8 Å². The third-order valence-corrected chi connectivity index (χ3v) is 4.30. The summed E-state index contributed by atoms with van der Waals surface area (Å²) in [4.78, 5) is 18.8. The van der Waals surface area contributed by atoms with E-state index in [9.17, 15) is 14.5 Å². The van der Waals surface area contributed by atoms with Gasteiger partial charge in [-0.3, -0.25) is 10.1 Å². The number of hydrogen-bond acceptors (Lipinski definition) is 7. The van der Waals surface area contributed by atoms with Gasteiger partial charge in [0.25, 0.3) is 0 Å². The number of methoxy groups -OCH3 is 1. The first-order chi connectivity index (χ1) is 13.5. The molecule has 0 atom stereocenters. The molecule has 28 heavy (non-hydrogen) atoms. The maximum atomic E-state index is 14.1. The van der Waals surface area contributed by atoms with Crippen LogP contribution in [0.15, 0.2) is 53.3 Å². The molecule has 1 aromatic heterocycles. The number of nitro groups is 1. The Morgan fingerprint density at radius 2 is 1.89 bits per heavy atom. The molecule has 2 aromatic carbocycles. The lowest BCUT2D eigenvalue weighted by molar-refractivity contribution is -0.383. The molecule has 0 saturated heterocycles. The second kappa shape index (κ2) is 8.61. The number of nitrogens with one attached hydrogen (secondary N) is 2. The molecule has 0 bridgehead atoms. The Morgan fingerprint density at radius 3 is 2.54 bits per heavy atom. The largest absolute Gasteiger partial charge is 0.497 e. The number of halogens is 2. The van der Waals surface area contributed by atoms with Gasteiger partial charge in [-0.05, 0) is 35.9 Å². The van der Waals surface area contributed by atoms with E-state index < -0.39 is 10.7 Å². The topological polar surface area (TPSA) is 102 Å². The highest BCUT2D eigenvalue weighted by molar-refractivity contribution is 9.10. The van der Waals surface area contributed by atoms with Crippen molar-refractivity contribution in [3.63, 3.8) is 0 Å². The summed E-state index contributed by atoms with van der Waals surface area (Å²) in [6, 6.07) is 11.5. The Kier molecular flexibility index (Phi) is 5.99. The van der Waals surface area contributed by atoms with Crippen LogP contribution in [0.2, 0.25) is 0 Å². The average molecular weight is 448 g/mol. The van der Waals surface area contributed by atoms with Crippen molar-refractivity contribution in [2.75, 3.05) is 17.7 Å². The number of hydrogen-bond donors (Lipinski definition) is 2. The molecule has 0 saturated carbocycles. The summed E-state index contributed by atoms with van der Waals surface area (Å²) in [5.41, 5.74) is 0.562. The van der Waals surface area contributed by atoms with Crippen LogP contribution in [0.1, 0.15) is 5.56 Å². The average Bonchev–Trinajstić information content (AvgIpc) is 2.68. The highest BCUT2D eigenvalue weighted by Crippen LogP contribution is 2.32. The van der Waals surface area contributed by atoms with E-state index in [-0.39, 0.29) is 23.0 Å². The fourth-order valence-corrected chi connectivity index (χ4v) is 2.75. The number of nitrogens with zero attached hydrogens (tertiary/aromatic N) is 3. The van der Waals surface area contributed by atoms with Crippen LogP contribution in [0.5, 0.6) is 5.75 Å². The van der Waals surface area contributed by atoms with Gasteiger partial charge in [0.15, 0.2) is 0 Å². The second-order valence-electron chi connectivity index (χ2n) is 5.63. The van der Waals surface area contributed by atoms with E-state index in [1.165, 1.54) is 18.5 Å². The molecular formula is C18H15BrFN5O3. The van der Waals surface area contributed by atoms with Crippen LogP contribution in [0.25, 0.3) is 0 Å². The first kappa shape index (κ1) is 19.5. The van der Waals surface area contributed by atoms with Gasteiger partial charge in [-0.2, -0.15) is 0 Å². The van der Waals surface area contributed by atoms with Gasteiger partial charge in [-0.25, -0.2) is 14.4 Å². The summed E-state index contributed by atoms with van der Waals surface area (Å²) in [5, 5.41) is 17.2. The van der Waals surface area contributed by atoms with Gasteiger partial charge in [-0.1, -0.05) is 28.1 Å². The summed E-state index contributed by atoms with van der Waals surface area (Å²) in [7, 11) is 1.57. The number of benzene rings is 2. The Morgan fingerprint density at radius 1 is 1.18 bits per heavy atom. The summed E-state index contributed by atoms with van der Waals surface area (Å²) < 4.78 is 19.7. The molecule has 0 fully saturated rings. The molecule has 0 aliphatic carbocycles. The van der Waals surface area contributed by atoms with E-state index >= 15 is 0 Å². The Bertz CT molecular complexity index is 1000. The molecule has 8 nitrogen and oxygen atoms in total. The van der Waals surface area contributed by atoms with Crippen LogP contribution >= 0.6 is 15.9 Å². The predicted octanol–water partition coefficient (Wildman–Crippen LogP) is 4.65. The predicted molar refractivity (Wildman–Crippen MR) is 106 cm³/mol. The molecule has 0 aliphatic rings. The molecule has 2 N–H and O–H groups in total. The number of anilines is 3. The van der Waals surface area contributed by atoms with Crippen LogP contribution < -0.4 is 15.4 Å². The standard InChI is InChI=1S/C18H15BrFN5O3/c1-28-13-5-2-11(3-6-13)9-21-17-16(25(26)27)18(23-10-22-17)24-15-7-4-12(19)8-14(15)20/h2-8,10H,9H2,1H3,(H2,21,22,23,24). The van der Waals surface area contributed by atoms with Crippen molar-refractivity contribution in [3.8, 4) is 5.75 Å². The number of aromatic nitrogens is 2.